The van der Waals surface area contributed by atoms with E-state index in [0.29, 0.717) is 16.3 Å². The molecule has 1 amide bonds. The van der Waals surface area contributed by atoms with Gasteiger partial charge >= 0.3 is 12.1 Å². The van der Waals surface area contributed by atoms with Crippen molar-refractivity contribution in [1.29, 1.82) is 0 Å². The SMILES string of the molecule is CC(C)(C)OC(=O)N/N=C/c1cccc(OC(=O)c2ccccc2Cl)c1. The van der Waals surface area contributed by atoms with Crippen LogP contribution in [0.15, 0.2) is 53.6 Å². The van der Waals surface area contributed by atoms with Crippen molar-refractivity contribution in [3.8, 4) is 5.75 Å². The molecule has 0 fully saturated rings. The van der Waals surface area contributed by atoms with Crippen molar-refractivity contribution < 1.29 is 19.1 Å². The Balaban J connectivity index is 1.99. The van der Waals surface area contributed by atoms with Crippen molar-refractivity contribution in [1.82, 2.24) is 5.43 Å². The van der Waals surface area contributed by atoms with Crippen LogP contribution in [0.5, 0.6) is 5.75 Å². The minimum atomic E-state index is -0.657. The van der Waals surface area contributed by atoms with Crippen LogP contribution in [0, 0.1) is 0 Å². The summed E-state index contributed by atoms with van der Waals surface area (Å²) in [6, 6.07) is 13.3. The number of nitrogens with one attached hydrogen (secondary N) is 1. The predicted octanol–water partition coefficient (Wildman–Crippen LogP) is 4.42. The number of esters is 1. The molecule has 0 radical (unpaired) electrons. The van der Waals surface area contributed by atoms with Gasteiger partial charge in [0.25, 0.3) is 0 Å². The highest BCUT2D eigenvalue weighted by molar-refractivity contribution is 6.33. The number of benzene rings is 2. The van der Waals surface area contributed by atoms with Crippen molar-refractivity contribution in [3.63, 3.8) is 0 Å². The van der Waals surface area contributed by atoms with Crippen LogP contribution in [0.3, 0.4) is 0 Å². The molecule has 0 unspecified atom stereocenters. The molecule has 136 valence electrons. The second-order valence-electron chi connectivity index (χ2n) is 6.31. The van der Waals surface area contributed by atoms with E-state index in [4.69, 9.17) is 21.1 Å². The Labute approximate surface area is 156 Å². The molecule has 2 aromatic rings. The van der Waals surface area contributed by atoms with Crippen LogP contribution < -0.4 is 10.2 Å². The van der Waals surface area contributed by atoms with E-state index in [2.05, 4.69) is 10.5 Å². The quantitative estimate of drug-likeness (QED) is 0.372. The predicted molar refractivity (Wildman–Crippen MR) is 99.8 cm³/mol. The molecular weight excluding hydrogens is 356 g/mol. The lowest BCUT2D eigenvalue weighted by atomic mass is 10.2. The molecule has 0 aliphatic heterocycles. The van der Waals surface area contributed by atoms with Gasteiger partial charge in [-0.15, -0.1) is 0 Å². The summed E-state index contributed by atoms with van der Waals surface area (Å²) in [5.41, 5.74) is 2.57. The molecule has 0 aromatic heterocycles. The fourth-order valence-electron chi connectivity index (χ4n) is 1.91. The standard InChI is InChI=1S/C19H19ClN2O4/c1-19(2,3)26-18(24)22-21-12-13-7-6-8-14(11-13)25-17(23)15-9-4-5-10-16(15)20/h4-12H,1-3H3,(H,22,24)/b21-12+. The summed E-state index contributed by atoms with van der Waals surface area (Å²) in [6.45, 7) is 5.27. The number of hydrogen-bond donors (Lipinski definition) is 1. The molecule has 6 nitrogen and oxygen atoms in total. The third-order valence-electron chi connectivity index (χ3n) is 2.93. The largest absolute Gasteiger partial charge is 0.443 e. The Hall–Kier alpha value is -2.86. The first kappa shape index (κ1) is 19.5. The summed E-state index contributed by atoms with van der Waals surface area (Å²) in [6.07, 6.45) is 0.756. The molecule has 0 bridgehead atoms. The molecular formula is C19H19ClN2O4. The lowest BCUT2D eigenvalue weighted by molar-refractivity contribution is 0.0529. The summed E-state index contributed by atoms with van der Waals surface area (Å²) in [5.74, 6) is -0.229. The molecule has 0 saturated carbocycles. The van der Waals surface area contributed by atoms with Gasteiger partial charge in [-0.25, -0.2) is 15.0 Å². The zero-order valence-corrected chi connectivity index (χ0v) is 15.4. The van der Waals surface area contributed by atoms with Gasteiger partial charge in [0.2, 0.25) is 0 Å². The van der Waals surface area contributed by atoms with Gasteiger partial charge in [0.05, 0.1) is 16.8 Å². The number of rotatable bonds is 4. The summed E-state index contributed by atoms with van der Waals surface area (Å²) in [7, 11) is 0. The number of hydrogen-bond acceptors (Lipinski definition) is 5. The maximum Gasteiger partial charge on any atom is 0.428 e. The maximum atomic E-state index is 12.2. The van der Waals surface area contributed by atoms with Crippen LogP contribution in [-0.2, 0) is 4.74 Å². The van der Waals surface area contributed by atoms with Crippen LogP contribution in [0.2, 0.25) is 5.02 Å². The monoisotopic (exact) mass is 374 g/mol. The molecule has 7 heteroatoms. The van der Waals surface area contributed by atoms with Gasteiger partial charge in [0.15, 0.2) is 0 Å². The van der Waals surface area contributed by atoms with E-state index in [9.17, 15) is 9.59 Å². The smallest absolute Gasteiger partial charge is 0.428 e. The second-order valence-corrected chi connectivity index (χ2v) is 6.72. The third-order valence-corrected chi connectivity index (χ3v) is 3.26. The van der Waals surface area contributed by atoms with Crippen LogP contribution in [0.4, 0.5) is 4.79 Å². The van der Waals surface area contributed by atoms with Gasteiger partial charge in [-0.3, -0.25) is 0 Å². The fraction of sp³-hybridized carbons (Fsp3) is 0.211. The van der Waals surface area contributed by atoms with Gasteiger partial charge in [-0.1, -0.05) is 35.9 Å². The molecule has 2 aromatic carbocycles. The normalized spacial score (nSPS) is 11.2. The number of nitrogens with zero attached hydrogens (tertiary/aromatic N) is 1. The first-order valence-corrected chi connectivity index (χ1v) is 8.21. The topological polar surface area (TPSA) is 77.0 Å². The van der Waals surface area contributed by atoms with E-state index in [1.165, 1.54) is 6.21 Å². The molecule has 0 spiro atoms. The Bertz CT molecular complexity index is 828. The van der Waals surface area contributed by atoms with Crippen molar-refractivity contribution >= 4 is 29.9 Å². The van der Waals surface area contributed by atoms with Crippen LogP contribution in [-0.4, -0.2) is 23.9 Å². The Morgan fingerprint density at radius 3 is 2.54 bits per heavy atom. The van der Waals surface area contributed by atoms with E-state index < -0.39 is 17.7 Å². The number of hydrazone groups is 1. The zero-order chi connectivity index (χ0) is 19.2. The fourth-order valence-corrected chi connectivity index (χ4v) is 2.12. The first-order chi connectivity index (χ1) is 12.2. The van der Waals surface area contributed by atoms with Crippen molar-refractivity contribution in [2.45, 2.75) is 26.4 Å². The second kappa shape index (κ2) is 8.49. The summed E-state index contributed by atoms with van der Waals surface area (Å²) in [4.78, 5) is 23.7. The van der Waals surface area contributed by atoms with Crippen LogP contribution >= 0.6 is 11.6 Å². The zero-order valence-electron chi connectivity index (χ0n) is 14.7. The summed E-state index contributed by atoms with van der Waals surface area (Å²) in [5, 5.41) is 4.12. The summed E-state index contributed by atoms with van der Waals surface area (Å²) >= 11 is 5.99. The first-order valence-electron chi connectivity index (χ1n) is 7.83. The van der Waals surface area contributed by atoms with Gasteiger partial charge in [-0.05, 0) is 50.6 Å². The maximum absolute atomic E-state index is 12.2. The highest BCUT2D eigenvalue weighted by Gasteiger charge is 2.15. The molecule has 1 N–H and O–H groups in total. The molecule has 0 heterocycles. The minimum Gasteiger partial charge on any atom is -0.443 e. The van der Waals surface area contributed by atoms with E-state index in [1.54, 1.807) is 69.3 Å². The Morgan fingerprint density at radius 2 is 1.85 bits per heavy atom. The molecule has 0 atom stereocenters. The molecule has 0 aliphatic rings. The average Bonchev–Trinajstić information content (AvgIpc) is 2.54. The molecule has 2 rings (SSSR count). The number of carbonyl (C=O) groups excluding carboxylic acids is 2. The van der Waals surface area contributed by atoms with Gasteiger partial charge in [0.1, 0.15) is 11.4 Å². The van der Waals surface area contributed by atoms with Crippen molar-refractivity contribution in [3.05, 3.63) is 64.7 Å². The highest BCUT2D eigenvalue weighted by atomic mass is 35.5. The lowest BCUT2D eigenvalue weighted by Crippen LogP contribution is -2.29. The van der Waals surface area contributed by atoms with Gasteiger partial charge in [0, 0.05) is 0 Å². The van der Waals surface area contributed by atoms with Crippen LogP contribution in [0.1, 0.15) is 36.7 Å². The Kier molecular flexibility index (Phi) is 6.36. The number of amides is 1. The van der Waals surface area contributed by atoms with E-state index in [1.807, 2.05) is 0 Å². The third kappa shape index (κ3) is 6.22. The number of ether oxygens (including phenoxy) is 2. The number of carbonyl (C=O) groups is 2. The van der Waals surface area contributed by atoms with Gasteiger partial charge < -0.3 is 9.47 Å². The number of halogens is 1. The Morgan fingerprint density at radius 1 is 1.12 bits per heavy atom. The minimum absolute atomic E-state index is 0.278. The van der Waals surface area contributed by atoms with Gasteiger partial charge in [-0.2, -0.15) is 5.10 Å². The van der Waals surface area contributed by atoms with E-state index in [-0.39, 0.29) is 5.56 Å². The van der Waals surface area contributed by atoms with E-state index in [0.717, 1.165) is 0 Å². The average molecular weight is 375 g/mol. The highest BCUT2D eigenvalue weighted by Crippen LogP contribution is 2.19. The van der Waals surface area contributed by atoms with Crippen molar-refractivity contribution in [2.24, 2.45) is 5.10 Å². The summed E-state index contributed by atoms with van der Waals surface area (Å²) < 4.78 is 10.4. The lowest BCUT2D eigenvalue weighted by Gasteiger charge is -2.18. The van der Waals surface area contributed by atoms with Crippen LogP contribution in [0.25, 0.3) is 0 Å². The van der Waals surface area contributed by atoms with Crippen molar-refractivity contribution in [2.75, 3.05) is 0 Å². The molecule has 0 aliphatic carbocycles. The molecule has 26 heavy (non-hydrogen) atoms. The van der Waals surface area contributed by atoms with E-state index >= 15 is 0 Å². The molecule has 0 saturated heterocycles.